The largest absolute Gasteiger partial charge is 0.497 e. The van der Waals surface area contributed by atoms with Gasteiger partial charge in [0, 0.05) is 0 Å². The van der Waals surface area contributed by atoms with E-state index in [0.717, 1.165) is 11.3 Å². The van der Waals surface area contributed by atoms with Crippen molar-refractivity contribution in [3.63, 3.8) is 0 Å². The molecule has 2 aromatic carbocycles. The molecule has 0 aliphatic heterocycles. The SMILES string of the molecule is COc1ccc(COCC=Cc2ccccc2)cc1. The first-order valence-electron chi connectivity index (χ1n) is 6.31. The van der Waals surface area contributed by atoms with Crippen LogP contribution >= 0.6 is 0 Å². The van der Waals surface area contributed by atoms with Crippen molar-refractivity contribution in [3.05, 3.63) is 71.8 Å². The summed E-state index contributed by atoms with van der Waals surface area (Å²) >= 11 is 0. The van der Waals surface area contributed by atoms with Gasteiger partial charge < -0.3 is 9.47 Å². The molecule has 0 spiro atoms. The second kappa shape index (κ2) is 7.39. The summed E-state index contributed by atoms with van der Waals surface area (Å²) in [7, 11) is 1.67. The van der Waals surface area contributed by atoms with Crippen LogP contribution in [0.1, 0.15) is 11.1 Å². The van der Waals surface area contributed by atoms with Gasteiger partial charge in [-0.2, -0.15) is 0 Å². The fraction of sp³-hybridized carbons (Fsp3) is 0.176. The van der Waals surface area contributed by atoms with Crippen molar-refractivity contribution in [1.29, 1.82) is 0 Å². The van der Waals surface area contributed by atoms with E-state index in [1.807, 2.05) is 48.5 Å². The van der Waals surface area contributed by atoms with Crippen LogP contribution in [0.15, 0.2) is 60.7 Å². The van der Waals surface area contributed by atoms with Crippen molar-refractivity contribution in [1.82, 2.24) is 0 Å². The average Bonchev–Trinajstić information content (AvgIpc) is 2.49. The molecule has 0 aliphatic rings. The number of ether oxygens (including phenoxy) is 2. The summed E-state index contributed by atoms with van der Waals surface area (Å²) < 4.78 is 10.7. The van der Waals surface area contributed by atoms with Gasteiger partial charge in [-0.1, -0.05) is 54.6 Å². The smallest absolute Gasteiger partial charge is 0.118 e. The molecule has 0 N–H and O–H groups in total. The first kappa shape index (κ1) is 13.4. The molecule has 2 nitrogen and oxygen atoms in total. The highest BCUT2D eigenvalue weighted by Gasteiger charge is 1.93. The van der Waals surface area contributed by atoms with Crippen LogP contribution in [0.25, 0.3) is 6.08 Å². The summed E-state index contributed by atoms with van der Waals surface area (Å²) in [5.74, 6) is 0.868. The Kier molecular flexibility index (Phi) is 5.20. The van der Waals surface area contributed by atoms with Gasteiger partial charge >= 0.3 is 0 Å². The number of rotatable bonds is 6. The van der Waals surface area contributed by atoms with E-state index in [1.165, 1.54) is 5.56 Å². The van der Waals surface area contributed by atoms with E-state index in [1.54, 1.807) is 7.11 Å². The summed E-state index contributed by atoms with van der Waals surface area (Å²) in [5.41, 5.74) is 2.34. The van der Waals surface area contributed by atoms with Crippen LogP contribution in [0, 0.1) is 0 Å². The molecule has 0 fully saturated rings. The number of hydrogen-bond donors (Lipinski definition) is 0. The number of methoxy groups -OCH3 is 1. The monoisotopic (exact) mass is 254 g/mol. The molecule has 0 bridgehead atoms. The summed E-state index contributed by atoms with van der Waals surface area (Å²) in [5, 5.41) is 0. The summed E-state index contributed by atoms with van der Waals surface area (Å²) in [6, 6.07) is 18.1. The van der Waals surface area contributed by atoms with Crippen molar-refractivity contribution in [3.8, 4) is 5.75 Å². The Morgan fingerprint density at radius 3 is 2.37 bits per heavy atom. The lowest BCUT2D eigenvalue weighted by Gasteiger charge is -2.03. The Morgan fingerprint density at radius 2 is 1.68 bits per heavy atom. The van der Waals surface area contributed by atoms with E-state index in [0.29, 0.717) is 13.2 Å². The maximum atomic E-state index is 5.59. The number of benzene rings is 2. The molecule has 98 valence electrons. The van der Waals surface area contributed by atoms with Gasteiger partial charge in [-0.3, -0.25) is 0 Å². The van der Waals surface area contributed by atoms with Crippen LogP contribution < -0.4 is 4.74 Å². The fourth-order valence-corrected chi connectivity index (χ4v) is 1.71. The normalized spacial score (nSPS) is 10.8. The van der Waals surface area contributed by atoms with Gasteiger partial charge in [-0.15, -0.1) is 0 Å². The topological polar surface area (TPSA) is 18.5 Å². The molecular formula is C17H18O2. The molecule has 0 aromatic heterocycles. The third kappa shape index (κ3) is 4.60. The molecule has 0 radical (unpaired) electrons. The predicted octanol–water partition coefficient (Wildman–Crippen LogP) is 3.93. The summed E-state index contributed by atoms with van der Waals surface area (Å²) in [6.45, 7) is 1.23. The molecule has 0 unspecified atom stereocenters. The van der Waals surface area contributed by atoms with Crippen LogP contribution in [0.5, 0.6) is 5.75 Å². The molecule has 0 heterocycles. The second-order valence-corrected chi connectivity index (χ2v) is 4.18. The van der Waals surface area contributed by atoms with Crippen LogP contribution in [-0.4, -0.2) is 13.7 Å². The Balaban J connectivity index is 1.73. The Bertz CT molecular complexity index is 501. The molecule has 2 rings (SSSR count). The minimum atomic E-state index is 0.612. The highest BCUT2D eigenvalue weighted by atomic mass is 16.5. The van der Waals surface area contributed by atoms with Gasteiger partial charge in [-0.05, 0) is 23.3 Å². The summed E-state index contributed by atoms with van der Waals surface area (Å²) in [4.78, 5) is 0. The summed E-state index contributed by atoms with van der Waals surface area (Å²) in [6.07, 6.45) is 4.09. The zero-order chi connectivity index (χ0) is 13.3. The van der Waals surface area contributed by atoms with Crippen LogP contribution in [0.3, 0.4) is 0 Å². The van der Waals surface area contributed by atoms with Crippen LogP contribution in [-0.2, 0) is 11.3 Å². The highest BCUT2D eigenvalue weighted by Crippen LogP contribution is 2.11. The van der Waals surface area contributed by atoms with Crippen molar-refractivity contribution in [2.24, 2.45) is 0 Å². The predicted molar refractivity (Wildman–Crippen MR) is 78.1 cm³/mol. The van der Waals surface area contributed by atoms with Crippen molar-refractivity contribution in [2.45, 2.75) is 6.61 Å². The quantitative estimate of drug-likeness (QED) is 0.727. The molecule has 0 atom stereocenters. The maximum Gasteiger partial charge on any atom is 0.118 e. The van der Waals surface area contributed by atoms with Crippen molar-refractivity contribution < 1.29 is 9.47 Å². The first-order valence-corrected chi connectivity index (χ1v) is 6.31. The molecule has 0 saturated carbocycles. The minimum absolute atomic E-state index is 0.612. The van der Waals surface area contributed by atoms with Gasteiger partial charge in [0.2, 0.25) is 0 Å². The third-order valence-corrected chi connectivity index (χ3v) is 2.75. The maximum absolute atomic E-state index is 5.59. The minimum Gasteiger partial charge on any atom is -0.497 e. The van der Waals surface area contributed by atoms with E-state index in [2.05, 4.69) is 18.2 Å². The van der Waals surface area contributed by atoms with Gasteiger partial charge in [0.25, 0.3) is 0 Å². The van der Waals surface area contributed by atoms with Crippen LogP contribution in [0.2, 0.25) is 0 Å². The fourth-order valence-electron chi connectivity index (χ4n) is 1.71. The van der Waals surface area contributed by atoms with E-state index < -0.39 is 0 Å². The van der Waals surface area contributed by atoms with Gasteiger partial charge in [0.05, 0.1) is 20.3 Å². The van der Waals surface area contributed by atoms with Gasteiger partial charge in [-0.25, -0.2) is 0 Å². The number of hydrogen-bond acceptors (Lipinski definition) is 2. The molecule has 0 saturated heterocycles. The van der Waals surface area contributed by atoms with Crippen molar-refractivity contribution in [2.75, 3.05) is 13.7 Å². The lowest BCUT2D eigenvalue weighted by Crippen LogP contribution is -1.93. The first-order chi connectivity index (χ1) is 9.38. The average molecular weight is 254 g/mol. The zero-order valence-electron chi connectivity index (χ0n) is 11.1. The molecule has 2 heteroatoms. The standard InChI is InChI=1S/C17H18O2/c1-18-17-11-9-16(10-12-17)14-19-13-5-8-15-6-3-2-4-7-15/h2-12H,13-14H2,1H3. The third-order valence-electron chi connectivity index (χ3n) is 2.75. The lowest BCUT2D eigenvalue weighted by molar-refractivity contribution is 0.149. The van der Waals surface area contributed by atoms with E-state index in [4.69, 9.17) is 9.47 Å². The molecular weight excluding hydrogens is 236 g/mol. The van der Waals surface area contributed by atoms with E-state index in [9.17, 15) is 0 Å². The Hall–Kier alpha value is -2.06. The van der Waals surface area contributed by atoms with E-state index in [-0.39, 0.29) is 0 Å². The van der Waals surface area contributed by atoms with Crippen LogP contribution in [0.4, 0.5) is 0 Å². The van der Waals surface area contributed by atoms with Gasteiger partial charge in [0.15, 0.2) is 0 Å². The highest BCUT2D eigenvalue weighted by molar-refractivity contribution is 5.48. The van der Waals surface area contributed by atoms with E-state index >= 15 is 0 Å². The van der Waals surface area contributed by atoms with Crippen molar-refractivity contribution >= 4 is 6.08 Å². The molecule has 0 amide bonds. The Labute approximate surface area is 114 Å². The Morgan fingerprint density at radius 1 is 0.947 bits per heavy atom. The molecule has 0 aliphatic carbocycles. The molecule has 2 aromatic rings. The molecule has 19 heavy (non-hydrogen) atoms. The zero-order valence-corrected chi connectivity index (χ0v) is 11.1. The second-order valence-electron chi connectivity index (χ2n) is 4.18. The van der Waals surface area contributed by atoms with Gasteiger partial charge in [0.1, 0.15) is 5.75 Å². The lowest BCUT2D eigenvalue weighted by atomic mass is 10.2.